The zero-order chi connectivity index (χ0) is 15.2. The van der Waals surface area contributed by atoms with Gasteiger partial charge in [0.05, 0.1) is 13.2 Å². The molecule has 0 aliphatic rings. The maximum Gasteiger partial charge on any atom is 0.246 e. The molecular formula is C17H19NO2S. The summed E-state index contributed by atoms with van der Waals surface area (Å²) in [5.74, 6) is 0.772. The highest BCUT2D eigenvalue weighted by molar-refractivity contribution is 7.10. The smallest absolute Gasteiger partial charge is 0.246 e. The second kappa shape index (κ2) is 7.09. The Balaban J connectivity index is 2.11. The van der Waals surface area contributed by atoms with E-state index < -0.39 is 0 Å². The number of para-hydroxylation sites is 1. The van der Waals surface area contributed by atoms with Gasteiger partial charge in [0.2, 0.25) is 5.91 Å². The van der Waals surface area contributed by atoms with Gasteiger partial charge in [0.25, 0.3) is 0 Å². The summed E-state index contributed by atoms with van der Waals surface area (Å²) in [6.45, 7) is 1.99. The summed E-state index contributed by atoms with van der Waals surface area (Å²) in [4.78, 5) is 15.0. The van der Waals surface area contributed by atoms with Crippen molar-refractivity contribution in [3.8, 4) is 5.75 Å². The van der Waals surface area contributed by atoms with Gasteiger partial charge in [-0.1, -0.05) is 24.3 Å². The molecule has 1 amide bonds. The van der Waals surface area contributed by atoms with E-state index in [1.807, 2.05) is 54.8 Å². The lowest BCUT2D eigenvalue weighted by molar-refractivity contribution is -0.126. The minimum atomic E-state index is -0.0540. The van der Waals surface area contributed by atoms with E-state index in [-0.39, 0.29) is 11.9 Å². The van der Waals surface area contributed by atoms with Gasteiger partial charge in [-0.05, 0) is 30.5 Å². The molecular weight excluding hydrogens is 282 g/mol. The first-order valence-electron chi connectivity index (χ1n) is 6.74. The molecule has 1 aromatic carbocycles. The maximum atomic E-state index is 12.3. The molecule has 0 N–H and O–H groups in total. The minimum Gasteiger partial charge on any atom is -0.496 e. The number of benzene rings is 1. The van der Waals surface area contributed by atoms with Gasteiger partial charge in [-0.25, -0.2) is 0 Å². The molecule has 0 saturated heterocycles. The molecule has 4 heteroatoms. The molecule has 1 unspecified atom stereocenters. The van der Waals surface area contributed by atoms with Gasteiger partial charge in [-0.3, -0.25) is 4.79 Å². The number of hydrogen-bond acceptors (Lipinski definition) is 3. The molecule has 1 atom stereocenters. The van der Waals surface area contributed by atoms with E-state index in [0.29, 0.717) is 0 Å². The Morgan fingerprint density at radius 1 is 1.29 bits per heavy atom. The zero-order valence-corrected chi connectivity index (χ0v) is 13.3. The van der Waals surface area contributed by atoms with Crippen molar-refractivity contribution in [1.82, 2.24) is 4.90 Å². The third kappa shape index (κ3) is 3.73. The normalized spacial score (nSPS) is 12.3. The maximum absolute atomic E-state index is 12.3. The molecule has 2 rings (SSSR count). The Hall–Kier alpha value is -2.07. The van der Waals surface area contributed by atoms with E-state index in [9.17, 15) is 4.79 Å². The lowest BCUT2D eigenvalue weighted by atomic mass is 10.1. The van der Waals surface area contributed by atoms with Crippen LogP contribution in [0.2, 0.25) is 0 Å². The number of ether oxygens (including phenoxy) is 1. The van der Waals surface area contributed by atoms with Crippen LogP contribution in [-0.4, -0.2) is 25.0 Å². The third-order valence-corrected chi connectivity index (χ3v) is 4.29. The van der Waals surface area contributed by atoms with Crippen LogP contribution in [0.15, 0.2) is 47.9 Å². The fourth-order valence-corrected chi connectivity index (χ4v) is 2.69. The monoisotopic (exact) mass is 301 g/mol. The average molecular weight is 301 g/mol. The van der Waals surface area contributed by atoms with Gasteiger partial charge < -0.3 is 9.64 Å². The quantitative estimate of drug-likeness (QED) is 0.782. The fraction of sp³-hybridized carbons (Fsp3) is 0.235. The second-order valence-electron chi connectivity index (χ2n) is 4.72. The highest BCUT2D eigenvalue weighted by Gasteiger charge is 2.18. The minimum absolute atomic E-state index is 0.0261. The van der Waals surface area contributed by atoms with E-state index in [0.717, 1.165) is 16.2 Å². The largest absolute Gasteiger partial charge is 0.496 e. The molecule has 0 fully saturated rings. The topological polar surface area (TPSA) is 29.5 Å². The van der Waals surface area contributed by atoms with Gasteiger partial charge in [-0.2, -0.15) is 0 Å². The number of carbonyl (C=O) groups is 1. The van der Waals surface area contributed by atoms with Crippen LogP contribution in [0.25, 0.3) is 6.08 Å². The van der Waals surface area contributed by atoms with Gasteiger partial charge in [0.1, 0.15) is 5.75 Å². The molecule has 1 aromatic heterocycles. The number of amides is 1. The standard InChI is InChI=1S/C17H19NO2S/c1-13(15-8-4-5-9-16(15)20-3)18(2)17(19)11-10-14-7-6-12-21-14/h4-13H,1-3H3. The second-order valence-corrected chi connectivity index (χ2v) is 5.70. The molecule has 0 aliphatic carbocycles. The summed E-state index contributed by atoms with van der Waals surface area (Å²) in [5, 5.41) is 1.99. The highest BCUT2D eigenvalue weighted by atomic mass is 32.1. The summed E-state index contributed by atoms with van der Waals surface area (Å²) in [5.41, 5.74) is 1.00. The third-order valence-electron chi connectivity index (χ3n) is 3.45. The SMILES string of the molecule is COc1ccccc1C(C)N(C)C(=O)C=Cc1cccs1. The Kier molecular flexibility index (Phi) is 5.17. The van der Waals surface area contributed by atoms with Crippen LogP contribution in [0, 0.1) is 0 Å². The lowest BCUT2D eigenvalue weighted by Gasteiger charge is -2.25. The number of methoxy groups -OCH3 is 1. The molecule has 3 nitrogen and oxygen atoms in total. The summed E-state index contributed by atoms with van der Waals surface area (Å²) in [6, 6.07) is 11.7. The average Bonchev–Trinajstić information content (AvgIpc) is 3.04. The van der Waals surface area contributed by atoms with Gasteiger partial charge in [0.15, 0.2) is 0 Å². The van der Waals surface area contributed by atoms with Crippen LogP contribution in [0.4, 0.5) is 0 Å². The Morgan fingerprint density at radius 2 is 2.05 bits per heavy atom. The van der Waals surface area contributed by atoms with Crippen molar-refractivity contribution >= 4 is 23.3 Å². The van der Waals surface area contributed by atoms with Gasteiger partial charge in [-0.15, -0.1) is 11.3 Å². The molecule has 2 aromatic rings. The van der Waals surface area contributed by atoms with Crippen molar-refractivity contribution in [2.45, 2.75) is 13.0 Å². The Labute approximate surface area is 129 Å². The fourth-order valence-electron chi connectivity index (χ4n) is 2.07. The molecule has 0 saturated carbocycles. The Bertz CT molecular complexity index is 619. The number of likely N-dealkylation sites (N-methyl/N-ethyl adjacent to an activating group) is 1. The van der Waals surface area contributed by atoms with Gasteiger partial charge in [0, 0.05) is 23.6 Å². The number of carbonyl (C=O) groups excluding carboxylic acids is 1. The number of nitrogens with zero attached hydrogens (tertiary/aromatic N) is 1. The molecule has 1 heterocycles. The highest BCUT2D eigenvalue weighted by Crippen LogP contribution is 2.28. The molecule has 0 spiro atoms. The zero-order valence-electron chi connectivity index (χ0n) is 12.4. The van der Waals surface area contributed by atoms with Crippen molar-refractivity contribution in [2.75, 3.05) is 14.2 Å². The van der Waals surface area contributed by atoms with Crippen molar-refractivity contribution in [1.29, 1.82) is 0 Å². The van der Waals surface area contributed by atoms with Crippen molar-refractivity contribution < 1.29 is 9.53 Å². The number of rotatable bonds is 5. The van der Waals surface area contributed by atoms with E-state index >= 15 is 0 Å². The first kappa shape index (κ1) is 15.3. The predicted octanol–water partition coefficient (Wildman–Crippen LogP) is 3.99. The van der Waals surface area contributed by atoms with Crippen LogP contribution in [-0.2, 0) is 4.79 Å². The van der Waals surface area contributed by atoms with E-state index in [2.05, 4.69) is 0 Å². The van der Waals surface area contributed by atoms with E-state index in [1.165, 1.54) is 0 Å². The molecule has 0 radical (unpaired) electrons. The van der Waals surface area contributed by atoms with Crippen LogP contribution in [0.1, 0.15) is 23.4 Å². The first-order valence-corrected chi connectivity index (χ1v) is 7.62. The van der Waals surface area contributed by atoms with Crippen LogP contribution >= 0.6 is 11.3 Å². The summed E-state index contributed by atoms with van der Waals surface area (Å²) < 4.78 is 5.36. The molecule has 110 valence electrons. The lowest BCUT2D eigenvalue weighted by Crippen LogP contribution is -2.28. The summed E-state index contributed by atoms with van der Waals surface area (Å²) in [7, 11) is 3.45. The van der Waals surface area contributed by atoms with Crippen LogP contribution < -0.4 is 4.74 Å². The predicted molar refractivity (Wildman–Crippen MR) is 87.5 cm³/mol. The molecule has 0 aliphatic heterocycles. The molecule has 21 heavy (non-hydrogen) atoms. The first-order chi connectivity index (χ1) is 10.1. The van der Waals surface area contributed by atoms with Gasteiger partial charge >= 0.3 is 0 Å². The van der Waals surface area contributed by atoms with Crippen molar-refractivity contribution in [3.63, 3.8) is 0 Å². The summed E-state index contributed by atoms with van der Waals surface area (Å²) in [6.07, 6.45) is 3.45. The van der Waals surface area contributed by atoms with Crippen LogP contribution in [0.5, 0.6) is 5.75 Å². The number of thiophene rings is 1. The number of hydrogen-bond donors (Lipinski definition) is 0. The summed E-state index contributed by atoms with van der Waals surface area (Å²) >= 11 is 1.61. The van der Waals surface area contributed by atoms with Crippen LogP contribution in [0.3, 0.4) is 0 Å². The van der Waals surface area contributed by atoms with E-state index in [4.69, 9.17) is 4.74 Å². The van der Waals surface area contributed by atoms with Crippen molar-refractivity contribution in [3.05, 3.63) is 58.3 Å². The molecule has 0 bridgehead atoms. The van der Waals surface area contributed by atoms with E-state index in [1.54, 1.807) is 36.5 Å². The Morgan fingerprint density at radius 3 is 2.71 bits per heavy atom. The van der Waals surface area contributed by atoms with Crippen molar-refractivity contribution in [2.24, 2.45) is 0 Å².